The van der Waals surface area contributed by atoms with E-state index in [1.807, 2.05) is 0 Å². The van der Waals surface area contributed by atoms with Gasteiger partial charge in [-0.2, -0.15) is 0 Å². The highest BCUT2D eigenvalue weighted by Crippen LogP contribution is 2.39. The molecule has 22 heavy (non-hydrogen) atoms. The summed E-state index contributed by atoms with van der Waals surface area (Å²) in [6.45, 7) is 0. The Balaban J connectivity index is 2.14. The van der Waals surface area contributed by atoms with Crippen LogP contribution in [0.15, 0.2) is 39.4 Å². The first-order valence-corrected chi connectivity index (χ1v) is 7.57. The van der Waals surface area contributed by atoms with E-state index in [1.165, 1.54) is 12.1 Å². The Morgan fingerprint density at radius 3 is 2.27 bits per heavy atom. The van der Waals surface area contributed by atoms with Gasteiger partial charge in [0, 0.05) is 5.56 Å². The molecule has 1 aliphatic rings. The lowest BCUT2D eigenvalue weighted by Gasteiger charge is -2.10. The lowest BCUT2D eigenvalue weighted by molar-refractivity contribution is -0.111. The van der Waals surface area contributed by atoms with Gasteiger partial charge in [-0.1, -0.05) is 0 Å². The van der Waals surface area contributed by atoms with E-state index >= 15 is 0 Å². The van der Waals surface area contributed by atoms with Crippen LogP contribution in [0.2, 0.25) is 0 Å². The molecule has 0 unspecified atom stereocenters. The minimum atomic E-state index is -0.829. The Hall–Kier alpha value is -1.86. The summed E-state index contributed by atoms with van der Waals surface area (Å²) in [5.41, 5.74) is 0.0706. The van der Waals surface area contributed by atoms with Crippen LogP contribution in [0.25, 0.3) is 4.48 Å². The number of Topliss-reactive ketones (excluding diaryl/α,β-unsaturated/α-hetero) is 2. The number of rotatable bonds is 2. The van der Waals surface area contributed by atoms with Gasteiger partial charge < -0.3 is 4.42 Å². The Kier molecular flexibility index (Phi) is 3.70. The summed E-state index contributed by atoms with van der Waals surface area (Å²) in [6, 6.07) is 4.87. The number of carbonyl (C=O) groups excluding carboxylic acids is 3. The van der Waals surface area contributed by atoms with Crippen LogP contribution in [0.4, 0.5) is 4.39 Å². The first kappa shape index (κ1) is 15.1. The average molecular weight is 428 g/mol. The van der Waals surface area contributed by atoms with E-state index in [0.717, 1.165) is 18.4 Å². The molecule has 110 valence electrons. The number of fused-ring (bicyclic) bond motifs is 1. The maximum absolute atomic E-state index is 12.9. The number of hydrogen-bond donors (Lipinski definition) is 0. The number of hydrogen-bond acceptors (Lipinski definition) is 4. The molecule has 0 atom stereocenters. The summed E-state index contributed by atoms with van der Waals surface area (Å²) in [6.07, 6.45) is 1.12. The van der Waals surface area contributed by atoms with Gasteiger partial charge in [-0.05, 0) is 56.1 Å². The maximum atomic E-state index is 12.9. The molecule has 0 saturated heterocycles. The molecule has 4 nitrogen and oxygen atoms in total. The average Bonchev–Trinajstić information content (AvgIpc) is 2.96. The van der Waals surface area contributed by atoms with E-state index in [4.69, 9.17) is 4.42 Å². The van der Waals surface area contributed by atoms with Gasteiger partial charge in [-0.3, -0.25) is 14.4 Å². The predicted octanol–water partition coefficient (Wildman–Crippen LogP) is 3.87. The molecule has 1 heterocycles. The monoisotopic (exact) mass is 426 g/mol. The molecule has 0 fully saturated rings. The van der Waals surface area contributed by atoms with Crippen LogP contribution in [0.3, 0.4) is 0 Å². The number of halogens is 3. The molecular formula is C15H5Br2FO4. The summed E-state index contributed by atoms with van der Waals surface area (Å²) in [4.78, 5) is 36.4. The van der Waals surface area contributed by atoms with Crippen molar-refractivity contribution in [3.63, 3.8) is 0 Å². The highest BCUT2D eigenvalue weighted by atomic mass is 79.9. The second kappa shape index (κ2) is 5.40. The fraction of sp³-hybridized carbons (Fsp3) is 0. The van der Waals surface area contributed by atoms with Gasteiger partial charge in [0.15, 0.2) is 11.5 Å². The fourth-order valence-electron chi connectivity index (χ4n) is 2.08. The van der Waals surface area contributed by atoms with Gasteiger partial charge in [-0.25, -0.2) is 4.39 Å². The molecule has 0 N–H and O–H groups in total. The van der Waals surface area contributed by atoms with Crippen molar-refractivity contribution in [3.8, 4) is 0 Å². The van der Waals surface area contributed by atoms with Crippen LogP contribution >= 0.6 is 31.9 Å². The van der Waals surface area contributed by atoms with Crippen molar-refractivity contribution in [1.82, 2.24) is 0 Å². The second-order valence-corrected chi connectivity index (χ2v) is 6.06. The third-order valence-electron chi connectivity index (χ3n) is 3.17. The molecule has 1 aromatic heterocycles. The normalized spacial score (nSPS) is 14.3. The van der Waals surface area contributed by atoms with E-state index in [-0.39, 0.29) is 31.4 Å². The third-order valence-corrected chi connectivity index (χ3v) is 5.21. The lowest BCUT2D eigenvalue weighted by atomic mass is 9.94. The molecule has 0 saturated carbocycles. The number of furan rings is 1. The first-order valence-electron chi connectivity index (χ1n) is 5.98. The molecule has 2 aromatic rings. The SMILES string of the molecule is O=C1C(=O)c2c(C(=O)c3ccc(F)cc3)coc2C(Br)=C1Br. The molecule has 1 aromatic carbocycles. The molecule has 0 aliphatic heterocycles. The van der Waals surface area contributed by atoms with Gasteiger partial charge in [0.25, 0.3) is 0 Å². The van der Waals surface area contributed by atoms with Gasteiger partial charge in [-0.15, -0.1) is 0 Å². The molecule has 0 radical (unpaired) electrons. The van der Waals surface area contributed by atoms with Crippen molar-refractivity contribution >= 4 is 53.7 Å². The Morgan fingerprint density at radius 1 is 1.00 bits per heavy atom. The van der Waals surface area contributed by atoms with Crippen molar-refractivity contribution in [2.24, 2.45) is 0 Å². The summed E-state index contributed by atoms with van der Waals surface area (Å²) < 4.78 is 18.5. The van der Waals surface area contributed by atoms with E-state index in [2.05, 4.69) is 31.9 Å². The van der Waals surface area contributed by atoms with Crippen molar-refractivity contribution in [3.05, 3.63) is 63.3 Å². The number of ketones is 3. The molecule has 0 spiro atoms. The van der Waals surface area contributed by atoms with Gasteiger partial charge in [0.1, 0.15) is 12.1 Å². The Labute approximate surface area is 140 Å². The van der Waals surface area contributed by atoms with Crippen molar-refractivity contribution in [1.29, 1.82) is 0 Å². The van der Waals surface area contributed by atoms with Gasteiger partial charge in [0.05, 0.1) is 20.1 Å². The quantitative estimate of drug-likeness (QED) is 0.539. The van der Waals surface area contributed by atoms with Crippen molar-refractivity contribution in [2.45, 2.75) is 0 Å². The largest absolute Gasteiger partial charge is 0.462 e. The zero-order valence-electron chi connectivity index (χ0n) is 10.7. The Bertz CT molecular complexity index is 862. The zero-order chi connectivity index (χ0) is 16.0. The highest BCUT2D eigenvalue weighted by molar-refractivity contribution is 9.16. The molecular weight excluding hydrogens is 423 g/mol. The van der Waals surface area contributed by atoms with Gasteiger partial charge in [0.2, 0.25) is 11.6 Å². The summed E-state index contributed by atoms with van der Waals surface area (Å²) >= 11 is 6.16. The lowest BCUT2D eigenvalue weighted by Crippen LogP contribution is -2.21. The van der Waals surface area contributed by atoms with E-state index in [9.17, 15) is 18.8 Å². The summed E-state index contributed by atoms with van der Waals surface area (Å²) in [7, 11) is 0. The van der Waals surface area contributed by atoms with Crippen LogP contribution in [0.5, 0.6) is 0 Å². The van der Waals surface area contributed by atoms with Crippen LogP contribution in [0.1, 0.15) is 32.0 Å². The van der Waals surface area contributed by atoms with Crippen molar-refractivity contribution < 1.29 is 23.2 Å². The van der Waals surface area contributed by atoms with E-state index in [1.54, 1.807) is 0 Å². The van der Waals surface area contributed by atoms with Crippen LogP contribution < -0.4 is 0 Å². The summed E-state index contributed by atoms with van der Waals surface area (Å²) in [5.74, 6) is -2.49. The van der Waals surface area contributed by atoms with Crippen molar-refractivity contribution in [2.75, 3.05) is 0 Å². The fourth-order valence-corrected chi connectivity index (χ4v) is 2.91. The predicted molar refractivity (Wildman–Crippen MR) is 82.7 cm³/mol. The van der Waals surface area contributed by atoms with E-state index < -0.39 is 23.2 Å². The minimum Gasteiger partial charge on any atom is -0.462 e. The van der Waals surface area contributed by atoms with Gasteiger partial charge >= 0.3 is 0 Å². The molecule has 7 heteroatoms. The zero-order valence-corrected chi connectivity index (χ0v) is 13.8. The molecule has 0 amide bonds. The molecule has 0 bridgehead atoms. The summed E-state index contributed by atoms with van der Waals surface area (Å²) in [5, 5.41) is 0. The minimum absolute atomic E-state index is 0.0306. The standard InChI is InChI=1S/C15H5Br2FO4/c16-10-11(17)15-9(13(20)14(10)21)8(5-22-15)12(19)6-1-3-7(18)4-2-6/h1-5H. The second-order valence-electron chi connectivity index (χ2n) is 4.48. The maximum Gasteiger partial charge on any atom is 0.241 e. The van der Waals surface area contributed by atoms with Crippen LogP contribution in [-0.2, 0) is 4.79 Å². The van der Waals surface area contributed by atoms with Crippen LogP contribution in [-0.4, -0.2) is 17.3 Å². The highest BCUT2D eigenvalue weighted by Gasteiger charge is 2.37. The molecule has 1 aliphatic carbocycles. The number of carbonyl (C=O) groups is 3. The topological polar surface area (TPSA) is 64.3 Å². The van der Waals surface area contributed by atoms with E-state index in [0.29, 0.717) is 0 Å². The number of benzene rings is 1. The van der Waals surface area contributed by atoms with Crippen LogP contribution in [0, 0.1) is 5.82 Å². The molecule has 3 rings (SSSR count). The smallest absolute Gasteiger partial charge is 0.241 e. The number of allylic oxidation sites excluding steroid dienone is 1. The third kappa shape index (κ3) is 2.21. The first-order chi connectivity index (χ1) is 10.4. The Morgan fingerprint density at radius 2 is 1.64 bits per heavy atom.